The van der Waals surface area contributed by atoms with Gasteiger partial charge in [-0.25, -0.2) is 8.78 Å². The highest BCUT2D eigenvalue weighted by Crippen LogP contribution is 2.30. The number of rotatable bonds is 14. The van der Waals surface area contributed by atoms with E-state index < -0.39 is 11.6 Å². The molecule has 2 aliphatic heterocycles. The number of aromatic nitrogens is 2. The zero-order chi connectivity index (χ0) is 35.7. The standard InChI is InChI=1S/C38H45F2N7O4/c39-27-20-26(21-28(40)23-27)19-25-7-10-33-32(22-25)37(45-44-33)43-38(50)31-9-8-30(24-34(31)42-29-11-17-51-18-12-29)46-13-15-47(16-14-46)36(49)6-4-2-1-3-5-35(41)48/h7-10,20-24,29,42H,1-6,11-19H2,(H2,41,48)(H2,43,44,45,50). The molecule has 0 unspecified atom stereocenters. The van der Waals surface area contributed by atoms with Crippen molar-refractivity contribution in [1.29, 1.82) is 0 Å². The molecule has 270 valence electrons. The minimum atomic E-state index is -0.631. The fourth-order valence-corrected chi connectivity index (χ4v) is 6.80. The van der Waals surface area contributed by atoms with Crippen LogP contribution in [0.1, 0.15) is 72.9 Å². The van der Waals surface area contributed by atoms with Crippen LogP contribution in [0.5, 0.6) is 0 Å². The van der Waals surface area contributed by atoms with Gasteiger partial charge in [0.15, 0.2) is 5.82 Å². The molecule has 13 heteroatoms. The number of anilines is 3. The zero-order valence-corrected chi connectivity index (χ0v) is 28.7. The number of nitrogens with one attached hydrogen (secondary N) is 3. The topological polar surface area (TPSA) is 146 Å². The van der Waals surface area contributed by atoms with Crippen LogP contribution in [0, 0.1) is 11.6 Å². The van der Waals surface area contributed by atoms with Crippen LogP contribution in [-0.2, 0) is 20.7 Å². The molecule has 0 bridgehead atoms. The first-order chi connectivity index (χ1) is 24.7. The Morgan fingerprint density at radius 3 is 2.31 bits per heavy atom. The number of aromatic amines is 1. The first-order valence-corrected chi connectivity index (χ1v) is 17.7. The van der Waals surface area contributed by atoms with Crippen LogP contribution in [0.15, 0.2) is 54.6 Å². The van der Waals surface area contributed by atoms with Gasteiger partial charge in [0.25, 0.3) is 5.91 Å². The Labute approximate surface area is 295 Å². The lowest BCUT2D eigenvalue weighted by Crippen LogP contribution is -2.48. The number of H-pyrrole nitrogens is 1. The number of nitrogens with zero attached hydrogens (tertiary/aromatic N) is 3. The van der Waals surface area contributed by atoms with Crippen molar-refractivity contribution in [2.45, 2.75) is 63.8 Å². The number of benzene rings is 3. The fourth-order valence-electron chi connectivity index (χ4n) is 6.80. The third-order valence-corrected chi connectivity index (χ3v) is 9.58. The summed E-state index contributed by atoms with van der Waals surface area (Å²) in [6.07, 6.45) is 6.19. The fraction of sp³-hybridized carbons (Fsp3) is 0.421. The first kappa shape index (κ1) is 35.8. The summed E-state index contributed by atoms with van der Waals surface area (Å²) in [5.74, 6) is -1.37. The number of amides is 3. The van der Waals surface area contributed by atoms with Gasteiger partial charge in [0.1, 0.15) is 11.6 Å². The lowest BCUT2D eigenvalue weighted by Gasteiger charge is -2.36. The lowest BCUT2D eigenvalue weighted by molar-refractivity contribution is -0.131. The number of halogens is 2. The van der Waals surface area contributed by atoms with Crippen molar-refractivity contribution in [3.8, 4) is 0 Å². The van der Waals surface area contributed by atoms with E-state index in [4.69, 9.17) is 10.5 Å². The van der Waals surface area contributed by atoms with Crippen LogP contribution in [0.4, 0.5) is 26.0 Å². The molecule has 0 spiro atoms. The van der Waals surface area contributed by atoms with Crippen LogP contribution in [-0.4, -0.2) is 78.3 Å². The second-order valence-electron chi connectivity index (χ2n) is 13.4. The lowest BCUT2D eigenvalue weighted by atomic mass is 10.0. The number of hydrogen-bond acceptors (Lipinski definition) is 7. The van der Waals surface area contributed by atoms with Gasteiger partial charge in [-0.2, -0.15) is 5.10 Å². The van der Waals surface area contributed by atoms with Gasteiger partial charge >= 0.3 is 0 Å². The Morgan fingerprint density at radius 2 is 1.59 bits per heavy atom. The van der Waals surface area contributed by atoms with E-state index in [-0.39, 0.29) is 23.8 Å². The molecule has 0 saturated carbocycles. The Bertz CT molecular complexity index is 1830. The van der Waals surface area contributed by atoms with Gasteiger partial charge in [-0.1, -0.05) is 18.9 Å². The predicted octanol–water partition coefficient (Wildman–Crippen LogP) is 5.75. The summed E-state index contributed by atoms with van der Waals surface area (Å²) >= 11 is 0. The van der Waals surface area contributed by atoms with E-state index in [1.807, 2.05) is 41.3 Å². The number of unbranched alkanes of at least 4 members (excludes halogenated alkanes) is 3. The zero-order valence-electron chi connectivity index (χ0n) is 28.7. The number of hydrogen-bond donors (Lipinski definition) is 4. The molecule has 3 aromatic carbocycles. The van der Waals surface area contributed by atoms with Crippen molar-refractivity contribution in [2.24, 2.45) is 5.73 Å². The Hall–Kier alpha value is -5.04. The summed E-state index contributed by atoms with van der Waals surface area (Å²) in [6.45, 7) is 3.88. The number of ether oxygens (including phenoxy) is 1. The van der Waals surface area contributed by atoms with Crippen molar-refractivity contribution in [3.05, 3.63) is 82.9 Å². The molecule has 2 saturated heterocycles. The minimum absolute atomic E-state index is 0.146. The van der Waals surface area contributed by atoms with Crippen molar-refractivity contribution in [2.75, 3.05) is 54.9 Å². The summed E-state index contributed by atoms with van der Waals surface area (Å²) < 4.78 is 33.2. The van der Waals surface area contributed by atoms with Gasteiger partial charge in [0, 0.05) is 81.1 Å². The quantitative estimate of drug-likeness (QED) is 0.123. The molecule has 3 amide bonds. The molecule has 4 aromatic rings. The van der Waals surface area contributed by atoms with Crippen LogP contribution in [0.2, 0.25) is 0 Å². The number of primary amides is 1. The van der Waals surface area contributed by atoms with E-state index >= 15 is 0 Å². The molecule has 1 aromatic heterocycles. The molecule has 2 aliphatic rings. The highest BCUT2D eigenvalue weighted by atomic mass is 19.1. The molecular weight excluding hydrogens is 656 g/mol. The number of nitrogens with two attached hydrogens (primary N) is 1. The molecule has 3 heterocycles. The molecule has 5 N–H and O–H groups in total. The smallest absolute Gasteiger partial charge is 0.258 e. The third-order valence-electron chi connectivity index (χ3n) is 9.58. The van der Waals surface area contributed by atoms with Crippen LogP contribution < -0.4 is 21.3 Å². The molecule has 0 atom stereocenters. The van der Waals surface area contributed by atoms with Crippen molar-refractivity contribution in [3.63, 3.8) is 0 Å². The third kappa shape index (κ3) is 9.60. The summed E-state index contributed by atoms with van der Waals surface area (Å²) in [5.41, 5.74) is 9.37. The van der Waals surface area contributed by atoms with E-state index in [0.29, 0.717) is 92.2 Å². The van der Waals surface area contributed by atoms with Gasteiger partial charge in [-0.3, -0.25) is 19.5 Å². The average Bonchev–Trinajstić information content (AvgIpc) is 3.51. The second-order valence-corrected chi connectivity index (χ2v) is 13.4. The molecule has 11 nitrogen and oxygen atoms in total. The molecule has 6 rings (SSSR count). The molecule has 2 fully saturated rings. The molecule has 0 radical (unpaired) electrons. The van der Waals surface area contributed by atoms with E-state index in [1.54, 1.807) is 0 Å². The van der Waals surface area contributed by atoms with Crippen molar-refractivity contribution in [1.82, 2.24) is 15.1 Å². The summed E-state index contributed by atoms with van der Waals surface area (Å²) in [5, 5.41) is 14.6. The van der Waals surface area contributed by atoms with Gasteiger partial charge in [-0.05, 0) is 85.7 Å². The van der Waals surface area contributed by atoms with Gasteiger partial charge < -0.3 is 30.9 Å². The first-order valence-electron chi connectivity index (χ1n) is 17.7. The number of piperazine rings is 1. The monoisotopic (exact) mass is 701 g/mol. The van der Waals surface area contributed by atoms with Crippen LogP contribution >= 0.6 is 0 Å². The maximum absolute atomic E-state index is 13.9. The SMILES string of the molecule is NC(=O)CCCCCCC(=O)N1CCN(c2ccc(C(=O)Nc3n[nH]c4ccc(Cc5cc(F)cc(F)c5)cc34)c(NC3CCOCC3)c2)CC1. The molecule has 0 aliphatic carbocycles. The maximum Gasteiger partial charge on any atom is 0.258 e. The van der Waals surface area contributed by atoms with E-state index in [0.717, 1.165) is 55.8 Å². The summed E-state index contributed by atoms with van der Waals surface area (Å²) in [7, 11) is 0. The van der Waals surface area contributed by atoms with E-state index in [1.165, 1.54) is 12.1 Å². The van der Waals surface area contributed by atoms with Gasteiger partial charge in [-0.15, -0.1) is 0 Å². The predicted molar refractivity (Wildman–Crippen MR) is 193 cm³/mol. The highest BCUT2D eigenvalue weighted by molar-refractivity contribution is 6.11. The highest BCUT2D eigenvalue weighted by Gasteiger charge is 2.24. The van der Waals surface area contributed by atoms with Crippen molar-refractivity contribution >= 4 is 45.8 Å². The Kier molecular flexibility index (Phi) is 11.8. The number of carbonyl (C=O) groups excluding carboxylic acids is 3. The normalized spacial score (nSPS) is 15.3. The maximum atomic E-state index is 13.9. The van der Waals surface area contributed by atoms with E-state index in [9.17, 15) is 23.2 Å². The number of fused-ring (bicyclic) bond motifs is 1. The Balaban J connectivity index is 1.12. The van der Waals surface area contributed by atoms with Crippen LogP contribution in [0.3, 0.4) is 0 Å². The summed E-state index contributed by atoms with van der Waals surface area (Å²) in [4.78, 5) is 41.8. The number of carbonyl (C=O) groups is 3. The van der Waals surface area contributed by atoms with E-state index in [2.05, 4.69) is 25.7 Å². The van der Waals surface area contributed by atoms with Crippen LogP contribution in [0.25, 0.3) is 10.9 Å². The average molecular weight is 702 g/mol. The molecular formula is C38H45F2N7O4. The summed E-state index contributed by atoms with van der Waals surface area (Å²) in [6, 6.07) is 14.9. The van der Waals surface area contributed by atoms with Gasteiger partial charge in [0.05, 0.1) is 11.1 Å². The van der Waals surface area contributed by atoms with Gasteiger partial charge in [0.2, 0.25) is 11.8 Å². The largest absolute Gasteiger partial charge is 0.381 e. The van der Waals surface area contributed by atoms with Crippen molar-refractivity contribution < 1.29 is 27.9 Å². The second kappa shape index (κ2) is 16.8. The Morgan fingerprint density at radius 1 is 0.863 bits per heavy atom. The minimum Gasteiger partial charge on any atom is -0.381 e. The molecule has 51 heavy (non-hydrogen) atoms.